The lowest BCUT2D eigenvalue weighted by atomic mass is 10.1. The van der Waals surface area contributed by atoms with Gasteiger partial charge in [0.15, 0.2) is 0 Å². The van der Waals surface area contributed by atoms with Crippen LogP contribution in [-0.4, -0.2) is 19.2 Å². The Bertz CT molecular complexity index is 659. The average molecular weight is 319 g/mol. The molecule has 2 rings (SSSR count). The summed E-state index contributed by atoms with van der Waals surface area (Å²) in [6.07, 6.45) is 0. The van der Waals surface area contributed by atoms with Crippen molar-refractivity contribution in [2.75, 3.05) is 18.5 Å². The van der Waals surface area contributed by atoms with Gasteiger partial charge in [-0.05, 0) is 49.2 Å². The third kappa shape index (κ3) is 4.67. The zero-order chi connectivity index (χ0) is 15.9. The first-order chi connectivity index (χ1) is 10.6. The average Bonchev–Trinajstić information content (AvgIpc) is 2.49. The van der Waals surface area contributed by atoms with Gasteiger partial charge in [-0.15, -0.1) is 0 Å². The van der Waals surface area contributed by atoms with Crippen molar-refractivity contribution in [3.8, 4) is 5.75 Å². The van der Waals surface area contributed by atoms with Gasteiger partial charge in [0.1, 0.15) is 12.4 Å². The molecule has 0 atom stereocenters. The molecule has 0 aliphatic rings. The fraction of sp³-hybridized carbons (Fsp3) is 0.235. The number of anilines is 1. The summed E-state index contributed by atoms with van der Waals surface area (Å²) in [5.41, 5.74) is 3.10. The lowest BCUT2D eigenvalue weighted by molar-refractivity contribution is 0.247. The van der Waals surface area contributed by atoms with Crippen molar-refractivity contribution in [2.45, 2.75) is 13.8 Å². The molecule has 0 fully saturated rings. The second-order valence-electron chi connectivity index (χ2n) is 4.96. The predicted molar refractivity (Wildman–Crippen MR) is 89.9 cm³/mol. The SMILES string of the molecule is Cc1ccc(NC(=O)NCCOc2ccccc2Cl)cc1C. The van der Waals surface area contributed by atoms with Gasteiger partial charge in [-0.1, -0.05) is 29.8 Å². The maximum absolute atomic E-state index is 11.8. The lowest BCUT2D eigenvalue weighted by Gasteiger charge is -2.10. The molecule has 0 unspecified atom stereocenters. The van der Waals surface area contributed by atoms with Gasteiger partial charge in [-0.3, -0.25) is 0 Å². The Morgan fingerprint density at radius 1 is 1.14 bits per heavy atom. The number of urea groups is 1. The molecule has 2 aromatic rings. The number of para-hydroxylation sites is 1. The van der Waals surface area contributed by atoms with E-state index in [2.05, 4.69) is 10.6 Å². The van der Waals surface area contributed by atoms with E-state index in [0.29, 0.717) is 23.9 Å². The minimum absolute atomic E-state index is 0.258. The number of carbonyl (C=O) groups excluding carboxylic acids is 1. The molecule has 0 saturated heterocycles. The summed E-state index contributed by atoms with van der Waals surface area (Å²) >= 11 is 5.98. The standard InChI is InChI=1S/C17H19ClN2O2/c1-12-7-8-14(11-13(12)2)20-17(21)19-9-10-22-16-6-4-3-5-15(16)18/h3-8,11H,9-10H2,1-2H3,(H2,19,20,21). The van der Waals surface area contributed by atoms with Crippen molar-refractivity contribution in [2.24, 2.45) is 0 Å². The second kappa shape index (κ2) is 7.71. The summed E-state index contributed by atoms with van der Waals surface area (Å²) in [5.74, 6) is 0.612. The van der Waals surface area contributed by atoms with Crippen LogP contribution in [0, 0.1) is 13.8 Å². The number of amides is 2. The van der Waals surface area contributed by atoms with Crippen molar-refractivity contribution in [1.82, 2.24) is 5.32 Å². The number of halogens is 1. The van der Waals surface area contributed by atoms with Crippen molar-refractivity contribution in [3.05, 3.63) is 58.6 Å². The van der Waals surface area contributed by atoms with Crippen LogP contribution in [0.15, 0.2) is 42.5 Å². The molecule has 0 aliphatic heterocycles. The fourth-order valence-corrected chi connectivity index (χ4v) is 2.07. The van der Waals surface area contributed by atoms with Crippen LogP contribution in [0.25, 0.3) is 0 Å². The largest absolute Gasteiger partial charge is 0.490 e. The monoisotopic (exact) mass is 318 g/mol. The van der Waals surface area contributed by atoms with E-state index in [-0.39, 0.29) is 6.03 Å². The second-order valence-corrected chi connectivity index (χ2v) is 5.37. The molecular weight excluding hydrogens is 300 g/mol. The number of aryl methyl sites for hydroxylation is 2. The third-order valence-corrected chi connectivity index (χ3v) is 3.56. The van der Waals surface area contributed by atoms with E-state index in [1.54, 1.807) is 12.1 Å². The number of carbonyl (C=O) groups is 1. The number of ether oxygens (including phenoxy) is 1. The molecule has 2 amide bonds. The highest BCUT2D eigenvalue weighted by atomic mass is 35.5. The quantitative estimate of drug-likeness (QED) is 0.813. The van der Waals surface area contributed by atoms with Gasteiger partial charge < -0.3 is 15.4 Å². The number of benzene rings is 2. The van der Waals surface area contributed by atoms with Crippen molar-refractivity contribution in [1.29, 1.82) is 0 Å². The molecule has 2 N–H and O–H groups in total. The lowest BCUT2D eigenvalue weighted by Crippen LogP contribution is -2.32. The first-order valence-corrected chi connectivity index (χ1v) is 7.43. The maximum Gasteiger partial charge on any atom is 0.319 e. The Morgan fingerprint density at radius 2 is 1.91 bits per heavy atom. The van der Waals surface area contributed by atoms with Crippen LogP contribution in [0.4, 0.5) is 10.5 Å². The predicted octanol–water partition coefficient (Wildman–Crippen LogP) is 4.16. The van der Waals surface area contributed by atoms with E-state index in [1.165, 1.54) is 5.56 Å². The van der Waals surface area contributed by atoms with Crippen LogP contribution >= 0.6 is 11.6 Å². The van der Waals surface area contributed by atoms with Crippen molar-refractivity contribution in [3.63, 3.8) is 0 Å². The summed E-state index contributed by atoms with van der Waals surface area (Å²) in [4.78, 5) is 11.8. The molecule has 0 saturated carbocycles. The zero-order valence-corrected chi connectivity index (χ0v) is 13.4. The molecule has 0 aliphatic carbocycles. The Labute approximate surface area is 135 Å². The summed E-state index contributed by atoms with van der Waals surface area (Å²) in [6.45, 7) is 4.78. The first-order valence-electron chi connectivity index (χ1n) is 7.05. The van der Waals surface area contributed by atoms with Gasteiger partial charge in [-0.25, -0.2) is 4.79 Å². The van der Waals surface area contributed by atoms with Crippen LogP contribution in [0.5, 0.6) is 5.75 Å². The molecule has 2 aromatic carbocycles. The summed E-state index contributed by atoms with van der Waals surface area (Å²) < 4.78 is 5.50. The Kier molecular flexibility index (Phi) is 5.67. The summed E-state index contributed by atoms with van der Waals surface area (Å²) in [5, 5.41) is 6.08. The maximum atomic E-state index is 11.8. The highest BCUT2D eigenvalue weighted by molar-refractivity contribution is 6.32. The number of nitrogens with one attached hydrogen (secondary N) is 2. The first kappa shape index (κ1) is 16.2. The molecular formula is C17H19ClN2O2. The van der Waals surface area contributed by atoms with Crippen LogP contribution in [0.2, 0.25) is 5.02 Å². The van der Waals surface area contributed by atoms with Gasteiger partial charge in [0.2, 0.25) is 0 Å². The minimum Gasteiger partial charge on any atom is -0.490 e. The van der Waals surface area contributed by atoms with Gasteiger partial charge in [0.05, 0.1) is 11.6 Å². The van der Waals surface area contributed by atoms with E-state index in [0.717, 1.165) is 11.3 Å². The third-order valence-electron chi connectivity index (χ3n) is 3.25. The molecule has 0 spiro atoms. The smallest absolute Gasteiger partial charge is 0.319 e. The van der Waals surface area contributed by atoms with E-state index < -0.39 is 0 Å². The number of hydrogen-bond acceptors (Lipinski definition) is 2. The van der Waals surface area contributed by atoms with Crippen molar-refractivity contribution < 1.29 is 9.53 Å². The van der Waals surface area contributed by atoms with Crippen LogP contribution < -0.4 is 15.4 Å². The molecule has 0 heterocycles. The molecule has 0 bridgehead atoms. The highest BCUT2D eigenvalue weighted by Gasteiger charge is 2.03. The Hall–Kier alpha value is -2.20. The van der Waals surface area contributed by atoms with Crippen LogP contribution in [-0.2, 0) is 0 Å². The zero-order valence-electron chi connectivity index (χ0n) is 12.7. The van der Waals surface area contributed by atoms with Gasteiger partial charge in [0, 0.05) is 5.69 Å². The van der Waals surface area contributed by atoms with Crippen LogP contribution in [0.1, 0.15) is 11.1 Å². The molecule has 22 heavy (non-hydrogen) atoms. The minimum atomic E-state index is -0.258. The molecule has 0 radical (unpaired) electrons. The van der Waals surface area contributed by atoms with E-state index >= 15 is 0 Å². The molecule has 5 heteroatoms. The summed E-state index contributed by atoms with van der Waals surface area (Å²) in [6, 6.07) is 12.8. The van der Waals surface area contributed by atoms with Gasteiger partial charge in [-0.2, -0.15) is 0 Å². The van der Waals surface area contributed by atoms with E-state index in [4.69, 9.17) is 16.3 Å². The molecule has 116 valence electrons. The van der Waals surface area contributed by atoms with E-state index in [1.807, 2.05) is 44.2 Å². The highest BCUT2D eigenvalue weighted by Crippen LogP contribution is 2.22. The Balaban J connectivity index is 1.74. The number of rotatable bonds is 5. The Morgan fingerprint density at radius 3 is 2.64 bits per heavy atom. The molecule has 0 aromatic heterocycles. The number of hydrogen-bond donors (Lipinski definition) is 2. The topological polar surface area (TPSA) is 50.4 Å². The normalized spacial score (nSPS) is 10.1. The van der Waals surface area contributed by atoms with Gasteiger partial charge in [0.25, 0.3) is 0 Å². The van der Waals surface area contributed by atoms with Gasteiger partial charge >= 0.3 is 6.03 Å². The summed E-state index contributed by atoms with van der Waals surface area (Å²) in [7, 11) is 0. The van der Waals surface area contributed by atoms with Crippen molar-refractivity contribution >= 4 is 23.3 Å². The fourth-order valence-electron chi connectivity index (χ4n) is 1.88. The van der Waals surface area contributed by atoms with Crippen LogP contribution in [0.3, 0.4) is 0 Å². The molecule has 4 nitrogen and oxygen atoms in total. The van der Waals surface area contributed by atoms with E-state index in [9.17, 15) is 4.79 Å².